The van der Waals surface area contributed by atoms with Crippen LogP contribution in [0.5, 0.6) is 6.01 Å². The van der Waals surface area contributed by atoms with Crippen LogP contribution in [0.3, 0.4) is 0 Å². The number of hydrogen-bond acceptors (Lipinski definition) is 7. The quantitative estimate of drug-likeness (QED) is 0.572. The number of nitrogens with zero attached hydrogens (tertiary/aromatic N) is 5. The average Bonchev–Trinajstić information content (AvgIpc) is 2.95. The number of aromatic nitrogens is 2. The minimum absolute atomic E-state index is 0.213. The first kappa shape index (κ1) is 15.5. The molecule has 0 aliphatic carbocycles. The van der Waals surface area contributed by atoms with Crippen molar-refractivity contribution in [3.8, 4) is 6.01 Å². The van der Waals surface area contributed by atoms with Crippen molar-refractivity contribution in [2.75, 3.05) is 32.7 Å². The van der Waals surface area contributed by atoms with Crippen LogP contribution in [0, 0.1) is 10.1 Å². The monoisotopic (exact) mass is 326 g/mol. The number of carbonyl (C=O) groups is 1. The molecule has 0 spiro atoms. The Labute approximate surface area is 131 Å². The van der Waals surface area contributed by atoms with Crippen LogP contribution in [0.1, 0.15) is 6.92 Å². The molecule has 3 heterocycles. The molecule has 2 aliphatic rings. The number of hydrazine groups is 1. The zero-order chi connectivity index (χ0) is 16.6. The molecular weight excluding hydrogens is 308 g/mol. The fourth-order valence-electron chi connectivity index (χ4n) is 2.99. The summed E-state index contributed by atoms with van der Waals surface area (Å²) in [6.45, 7) is 5.69. The van der Waals surface area contributed by atoms with Gasteiger partial charge in [-0.2, -0.15) is 0 Å². The number of imidazole rings is 1. The summed E-state index contributed by atoms with van der Waals surface area (Å²) in [5.41, 5.74) is 1.85. The molecule has 126 valence electrons. The van der Waals surface area contributed by atoms with Crippen molar-refractivity contribution in [1.82, 2.24) is 24.9 Å². The zero-order valence-corrected chi connectivity index (χ0v) is 12.6. The first-order valence-electron chi connectivity index (χ1n) is 7.22. The Morgan fingerprint density at radius 1 is 1.52 bits per heavy atom. The van der Waals surface area contributed by atoms with Gasteiger partial charge in [0.2, 0.25) is 0 Å². The molecule has 1 fully saturated rings. The topological polar surface area (TPSA) is 126 Å². The number of fused-ring (bicyclic) bond motifs is 1. The van der Waals surface area contributed by atoms with Crippen LogP contribution >= 0.6 is 0 Å². The summed E-state index contributed by atoms with van der Waals surface area (Å²) < 4.78 is 7.45. The van der Waals surface area contributed by atoms with E-state index in [2.05, 4.69) is 15.3 Å². The van der Waals surface area contributed by atoms with Crippen LogP contribution in [0.4, 0.5) is 10.6 Å². The molecule has 2 aliphatic heterocycles. The van der Waals surface area contributed by atoms with Crippen molar-refractivity contribution in [3.05, 3.63) is 16.3 Å². The van der Waals surface area contributed by atoms with Crippen molar-refractivity contribution in [2.24, 2.45) is 0 Å². The highest BCUT2D eigenvalue weighted by atomic mass is 16.6. The van der Waals surface area contributed by atoms with Gasteiger partial charge < -0.3 is 20.0 Å². The largest absolute Gasteiger partial charge is 0.464 e. The van der Waals surface area contributed by atoms with Crippen molar-refractivity contribution in [2.45, 2.75) is 19.1 Å². The summed E-state index contributed by atoms with van der Waals surface area (Å²) in [5, 5.41) is 21.1. The van der Waals surface area contributed by atoms with Gasteiger partial charge in [0.05, 0.1) is 6.54 Å². The molecule has 0 bridgehead atoms. The van der Waals surface area contributed by atoms with Gasteiger partial charge in [0.1, 0.15) is 11.8 Å². The summed E-state index contributed by atoms with van der Waals surface area (Å²) in [5.74, 6) is -0.213. The molecule has 1 aromatic heterocycles. The van der Waals surface area contributed by atoms with E-state index < -0.39 is 16.6 Å². The van der Waals surface area contributed by atoms with E-state index in [1.807, 2.05) is 6.92 Å². The Morgan fingerprint density at radius 2 is 2.22 bits per heavy atom. The van der Waals surface area contributed by atoms with Crippen LogP contribution in [0.25, 0.3) is 0 Å². The standard InChI is InChI=1S/C12H18N6O5/c1-12(7-15-2-4-17(5-3-15)14-11(19)20)8-16-6-9(18(21)22)13-10(16)23-12/h6,14H,2-5,7-8H2,1H3,(H,19,20). The third kappa shape index (κ3) is 3.35. The van der Waals surface area contributed by atoms with Crippen LogP contribution in [-0.4, -0.2) is 73.9 Å². The van der Waals surface area contributed by atoms with Crippen molar-refractivity contribution >= 4 is 11.9 Å². The molecule has 0 aromatic carbocycles. The van der Waals surface area contributed by atoms with Crippen LogP contribution in [0.15, 0.2) is 6.20 Å². The summed E-state index contributed by atoms with van der Waals surface area (Å²) in [4.78, 5) is 26.8. The maximum Gasteiger partial charge on any atom is 0.419 e. The lowest BCUT2D eigenvalue weighted by molar-refractivity contribution is -0.389. The van der Waals surface area contributed by atoms with Gasteiger partial charge in [-0.25, -0.2) is 9.80 Å². The van der Waals surface area contributed by atoms with E-state index in [-0.39, 0.29) is 11.8 Å². The van der Waals surface area contributed by atoms with E-state index in [1.165, 1.54) is 6.20 Å². The predicted molar refractivity (Wildman–Crippen MR) is 77.1 cm³/mol. The molecule has 2 N–H and O–H groups in total. The van der Waals surface area contributed by atoms with E-state index >= 15 is 0 Å². The summed E-state index contributed by atoms with van der Waals surface area (Å²) in [6.07, 6.45) is 0.325. The fourth-order valence-corrected chi connectivity index (χ4v) is 2.99. The molecule has 11 nitrogen and oxygen atoms in total. The Balaban J connectivity index is 1.54. The minimum Gasteiger partial charge on any atom is -0.464 e. The molecule has 1 amide bonds. The summed E-state index contributed by atoms with van der Waals surface area (Å²) in [7, 11) is 0. The molecule has 1 aromatic rings. The number of nitrogens with one attached hydrogen (secondary N) is 1. The van der Waals surface area contributed by atoms with Crippen molar-refractivity contribution in [3.63, 3.8) is 0 Å². The second kappa shape index (κ2) is 5.66. The second-order valence-electron chi connectivity index (χ2n) is 6.00. The van der Waals surface area contributed by atoms with Gasteiger partial charge in [-0.05, 0) is 11.8 Å². The van der Waals surface area contributed by atoms with Gasteiger partial charge in [0.15, 0.2) is 0 Å². The zero-order valence-electron chi connectivity index (χ0n) is 12.6. The van der Waals surface area contributed by atoms with Gasteiger partial charge >= 0.3 is 17.9 Å². The molecule has 0 radical (unpaired) electrons. The summed E-state index contributed by atoms with van der Waals surface area (Å²) >= 11 is 0. The molecule has 1 saturated heterocycles. The van der Waals surface area contributed by atoms with E-state index in [4.69, 9.17) is 9.84 Å². The molecule has 3 rings (SSSR count). The van der Waals surface area contributed by atoms with E-state index in [0.717, 1.165) is 0 Å². The third-order valence-corrected chi connectivity index (χ3v) is 3.94. The lowest BCUT2D eigenvalue weighted by atomic mass is 10.1. The number of carboxylic acid groups (broad SMARTS) is 1. The van der Waals surface area contributed by atoms with E-state index in [0.29, 0.717) is 39.3 Å². The highest BCUT2D eigenvalue weighted by molar-refractivity contribution is 5.63. The lowest BCUT2D eigenvalue weighted by Crippen LogP contribution is -2.56. The average molecular weight is 326 g/mol. The smallest absolute Gasteiger partial charge is 0.419 e. The van der Waals surface area contributed by atoms with Gasteiger partial charge in [-0.1, -0.05) is 0 Å². The first-order valence-corrected chi connectivity index (χ1v) is 7.22. The minimum atomic E-state index is -1.06. The molecule has 1 unspecified atom stereocenters. The van der Waals surface area contributed by atoms with Gasteiger partial charge in [-0.15, -0.1) is 0 Å². The molecule has 1 atom stereocenters. The summed E-state index contributed by atoms with van der Waals surface area (Å²) in [6, 6.07) is 0.269. The normalized spacial score (nSPS) is 24.9. The number of ether oxygens (including phenoxy) is 1. The highest BCUT2D eigenvalue weighted by Crippen LogP contribution is 2.31. The number of piperazine rings is 1. The SMILES string of the molecule is CC1(CN2CCN(NC(=O)O)CC2)Cn2cc([N+](=O)[O-])nc2O1. The Hall–Kier alpha value is -2.40. The van der Waals surface area contributed by atoms with E-state index in [1.54, 1.807) is 9.58 Å². The van der Waals surface area contributed by atoms with Crippen molar-refractivity contribution in [1.29, 1.82) is 0 Å². The molecule has 23 heavy (non-hydrogen) atoms. The van der Waals surface area contributed by atoms with E-state index in [9.17, 15) is 14.9 Å². The molecule has 11 heteroatoms. The van der Waals surface area contributed by atoms with Gasteiger partial charge in [0, 0.05) is 37.7 Å². The van der Waals surface area contributed by atoms with Crippen LogP contribution in [-0.2, 0) is 6.54 Å². The predicted octanol–water partition coefficient (Wildman–Crippen LogP) is -0.257. The number of hydrogen-bond donors (Lipinski definition) is 2. The molecule has 0 saturated carbocycles. The van der Waals surface area contributed by atoms with Crippen LogP contribution < -0.4 is 10.2 Å². The second-order valence-corrected chi connectivity index (χ2v) is 6.00. The Bertz CT molecular complexity index is 600. The third-order valence-electron chi connectivity index (χ3n) is 3.94. The number of nitro groups is 1. The fraction of sp³-hybridized carbons (Fsp3) is 0.667. The maximum absolute atomic E-state index is 10.7. The molecular formula is C12H18N6O5. The number of rotatable bonds is 4. The highest BCUT2D eigenvalue weighted by Gasteiger charge is 2.41. The number of amides is 1. The van der Waals surface area contributed by atoms with Crippen LogP contribution in [0.2, 0.25) is 0 Å². The Morgan fingerprint density at radius 3 is 2.78 bits per heavy atom. The van der Waals surface area contributed by atoms with Crippen molar-refractivity contribution < 1.29 is 19.6 Å². The first-order chi connectivity index (χ1) is 10.8. The maximum atomic E-state index is 10.7. The Kier molecular flexibility index (Phi) is 3.82. The van der Waals surface area contributed by atoms with Gasteiger partial charge in [-0.3, -0.25) is 14.9 Å². The lowest BCUT2D eigenvalue weighted by Gasteiger charge is -2.37. The van der Waals surface area contributed by atoms with Gasteiger partial charge in [0.25, 0.3) is 0 Å².